The lowest BCUT2D eigenvalue weighted by molar-refractivity contribution is 0.670. The number of hydrogen-bond donors (Lipinski definition) is 0. The Morgan fingerprint density at radius 3 is 1.63 bits per heavy atom. The van der Waals surface area contributed by atoms with E-state index in [1.807, 2.05) is 6.07 Å². The maximum Gasteiger partial charge on any atom is 0.143 e. The van der Waals surface area contributed by atoms with Crippen LogP contribution in [0.2, 0.25) is 0 Å². The molecule has 0 atom stereocenters. The van der Waals surface area contributed by atoms with Gasteiger partial charge < -0.3 is 4.42 Å². The Hall–Kier alpha value is -7.03. The number of furan rings is 1. The van der Waals surface area contributed by atoms with Gasteiger partial charge in [0.15, 0.2) is 0 Å². The summed E-state index contributed by atoms with van der Waals surface area (Å²) in [6, 6.07) is 66.6. The summed E-state index contributed by atoms with van der Waals surface area (Å²) in [5.74, 6) is 0. The van der Waals surface area contributed by atoms with Gasteiger partial charge in [-0.3, -0.25) is 0 Å². The molecule has 0 saturated carbocycles. The van der Waals surface area contributed by atoms with Crippen LogP contribution in [0.5, 0.6) is 0 Å². The molecule has 0 radical (unpaired) electrons. The maximum atomic E-state index is 6.85. The molecule has 8 aromatic carbocycles. The summed E-state index contributed by atoms with van der Waals surface area (Å²) < 4.78 is 6.85. The zero-order valence-corrected chi connectivity index (χ0v) is 29.6. The topological polar surface area (TPSA) is 25.5 Å². The van der Waals surface area contributed by atoms with Gasteiger partial charge >= 0.3 is 0 Å². The molecule has 0 amide bonds. The molecule has 0 N–H and O–H groups in total. The van der Waals surface area contributed by atoms with Gasteiger partial charge in [-0.05, 0) is 79.9 Å². The van der Waals surface area contributed by atoms with Crippen LogP contribution in [0.1, 0.15) is 23.1 Å². The summed E-state index contributed by atoms with van der Waals surface area (Å²) in [6.07, 6.45) is 5.31. The summed E-state index contributed by atoms with van der Waals surface area (Å²) in [4.78, 5) is 5.49. The molecule has 0 fully saturated rings. The Morgan fingerprint density at radius 1 is 0.389 bits per heavy atom. The Balaban J connectivity index is 1.17. The molecule has 1 aliphatic heterocycles. The molecule has 0 saturated heterocycles. The fourth-order valence-corrected chi connectivity index (χ4v) is 7.93. The van der Waals surface area contributed by atoms with E-state index in [0.29, 0.717) is 0 Å². The standard InChI is InChI=1S/C52H35NO/c1-4-14-35(15-5-1)37-24-26-39(27-25-37)48-33-28-40(36-16-6-2-7-17-36)34-49(53-48)46-32-31-45(52-51(46)47-22-12-13-23-50(47)54-52)44-30-29-41(38-18-8-3-9-19-38)42-20-10-11-21-43(42)44/h1-27,29-34H,28H2. The lowest BCUT2D eigenvalue weighted by atomic mass is 9.90. The third kappa shape index (κ3) is 5.66. The predicted octanol–water partition coefficient (Wildman–Crippen LogP) is 14.1. The second-order valence-corrected chi connectivity index (χ2v) is 13.8. The number of nitrogens with zero attached hydrogens (tertiary/aromatic N) is 1. The average Bonchev–Trinajstić information content (AvgIpc) is 3.50. The minimum Gasteiger partial charge on any atom is -0.455 e. The Morgan fingerprint density at radius 2 is 0.907 bits per heavy atom. The van der Waals surface area contributed by atoms with Crippen LogP contribution in [0.15, 0.2) is 210 Å². The second-order valence-electron chi connectivity index (χ2n) is 13.8. The molecule has 2 heteroatoms. The number of fused-ring (bicyclic) bond motifs is 4. The van der Waals surface area contributed by atoms with Gasteiger partial charge in [-0.2, -0.15) is 0 Å². The van der Waals surface area contributed by atoms with Crippen molar-refractivity contribution >= 4 is 49.7 Å². The van der Waals surface area contributed by atoms with Crippen molar-refractivity contribution in [3.63, 3.8) is 0 Å². The molecule has 9 aromatic rings. The molecule has 0 unspecified atom stereocenters. The minimum absolute atomic E-state index is 0.764. The van der Waals surface area contributed by atoms with E-state index in [4.69, 9.17) is 9.41 Å². The van der Waals surface area contributed by atoms with Crippen LogP contribution in [0.4, 0.5) is 0 Å². The highest BCUT2D eigenvalue weighted by atomic mass is 16.3. The van der Waals surface area contributed by atoms with Gasteiger partial charge in [0.25, 0.3) is 0 Å². The molecule has 0 spiro atoms. The molecular weight excluding hydrogens is 655 g/mol. The van der Waals surface area contributed by atoms with Crippen LogP contribution in [0.25, 0.3) is 77.4 Å². The first-order valence-electron chi connectivity index (χ1n) is 18.5. The van der Waals surface area contributed by atoms with Crippen molar-refractivity contribution in [1.82, 2.24) is 0 Å². The van der Waals surface area contributed by atoms with Crippen molar-refractivity contribution in [2.75, 3.05) is 0 Å². The monoisotopic (exact) mass is 689 g/mol. The second kappa shape index (κ2) is 13.5. The zero-order valence-electron chi connectivity index (χ0n) is 29.6. The van der Waals surface area contributed by atoms with Crippen molar-refractivity contribution < 1.29 is 4.42 Å². The highest BCUT2D eigenvalue weighted by Crippen LogP contribution is 2.43. The van der Waals surface area contributed by atoms with Crippen molar-refractivity contribution in [2.45, 2.75) is 6.42 Å². The smallest absolute Gasteiger partial charge is 0.143 e. The Bertz CT molecular complexity index is 2910. The van der Waals surface area contributed by atoms with E-state index in [1.165, 1.54) is 44.2 Å². The van der Waals surface area contributed by atoms with E-state index in [-0.39, 0.29) is 0 Å². The fourth-order valence-electron chi connectivity index (χ4n) is 7.93. The van der Waals surface area contributed by atoms with Crippen molar-refractivity contribution in [1.29, 1.82) is 0 Å². The van der Waals surface area contributed by atoms with Gasteiger partial charge in [0.05, 0.1) is 11.4 Å². The van der Waals surface area contributed by atoms with E-state index >= 15 is 0 Å². The maximum absolute atomic E-state index is 6.85. The third-order valence-corrected chi connectivity index (χ3v) is 10.6. The summed E-state index contributed by atoms with van der Waals surface area (Å²) in [5.41, 5.74) is 15.2. The number of rotatable bonds is 6. The summed E-state index contributed by atoms with van der Waals surface area (Å²) >= 11 is 0. The largest absolute Gasteiger partial charge is 0.455 e. The van der Waals surface area contributed by atoms with E-state index < -0.39 is 0 Å². The molecule has 10 rings (SSSR count). The number of allylic oxidation sites excluding steroid dienone is 3. The molecule has 0 bridgehead atoms. The summed E-state index contributed by atoms with van der Waals surface area (Å²) in [6.45, 7) is 0. The van der Waals surface area contributed by atoms with Gasteiger partial charge in [0, 0.05) is 21.9 Å². The lowest BCUT2D eigenvalue weighted by Crippen LogP contribution is -2.00. The fraction of sp³-hybridized carbons (Fsp3) is 0.0192. The SMILES string of the molecule is C1=C(c2ccccc2)CC=C(c2ccc(-c3ccccc3)cc2)N=C1c1ccc(-c2ccc(-c3ccccc3)c3ccccc23)c2oc3ccccc3c12. The molecule has 2 nitrogen and oxygen atoms in total. The van der Waals surface area contributed by atoms with Crippen LogP contribution in [0, 0.1) is 0 Å². The van der Waals surface area contributed by atoms with Gasteiger partial charge in [0.1, 0.15) is 11.2 Å². The Kier molecular flexibility index (Phi) is 7.92. The summed E-state index contributed by atoms with van der Waals surface area (Å²) in [5, 5.41) is 4.55. The van der Waals surface area contributed by atoms with Crippen LogP contribution in [-0.4, -0.2) is 5.71 Å². The zero-order chi connectivity index (χ0) is 35.8. The first kappa shape index (κ1) is 31.7. The van der Waals surface area contributed by atoms with Crippen LogP contribution in [0.3, 0.4) is 0 Å². The number of aliphatic imine (C=N–C) groups is 1. The van der Waals surface area contributed by atoms with Gasteiger partial charge in [-0.15, -0.1) is 0 Å². The van der Waals surface area contributed by atoms with Crippen LogP contribution < -0.4 is 0 Å². The molecular formula is C52H35NO. The molecule has 2 heterocycles. The molecule has 0 aliphatic carbocycles. The molecule has 1 aliphatic rings. The highest BCUT2D eigenvalue weighted by molar-refractivity contribution is 6.26. The lowest BCUT2D eigenvalue weighted by Gasteiger charge is -2.14. The first-order valence-corrected chi connectivity index (χ1v) is 18.5. The predicted molar refractivity (Wildman–Crippen MR) is 228 cm³/mol. The number of hydrogen-bond acceptors (Lipinski definition) is 2. The minimum atomic E-state index is 0.764. The average molecular weight is 690 g/mol. The van der Waals surface area contributed by atoms with Gasteiger partial charge in [-0.1, -0.05) is 182 Å². The molecule has 54 heavy (non-hydrogen) atoms. The van der Waals surface area contributed by atoms with E-state index in [9.17, 15) is 0 Å². The number of benzene rings is 8. The van der Waals surface area contributed by atoms with Crippen LogP contribution in [-0.2, 0) is 0 Å². The number of para-hydroxylation sites is 1. The third-order valence-electron chi connectivity index (χ3n) is 10.6. The van der Waals surface area contributed by atoms with Crippen LogP contribution >= 0.6 is 0 Å². The normalized spacial score (nSPS) is 13.1. The summed E-state index contributed by atoms with van der Waals surface area (Å²) in [7, 11) is 0. The molecule has 254 valence electrons. The van der Waals surface area contributed by atoms with Crippen molar-refractivity contribution in [3.05, 3.63) is 217 Å². The van der Waals surface area contributed by atoms with E-state index in [0.717, 1.165) is 62.0 Å². The first-order chi connectivity index (χ1) is 26.8. The van der Waals surface area contributed by atoms with E-state index in [2.05, 4.69) is 194 Å². The Labute approximate surface area is 314 Å². The van der Waals surface area contributed by atoms with Gasteiger partial charge in [0.2, 0.25) is 0 Å². The van der Waals surface area contributed by atoms with Crippen molar-refractivity contribution in [3.8, 4) is 33.4 Å². The van der Waals surface area contributed by atoms with Crippen molar-refractivity contribution in [2.24, 2.45) is 4.99 Å². The quantitative estimate of drug-likeness (QED) is 0.171. The van der Waals surface area contributed by atoms with Gasteiger partial charge in [-0.25, -0.2) is 4.99 Å². The van der Waals surface area contributed by atoms with E-state index in [1.54, 1.807) is 0 Å². The highest BCUT2D eigenvalue weighted by Gasteiger charge is 2.22. The molecule has 1 aromatic heterocycles.